The molecule has 128 valence electrons. The number of benzene rings is 1. The number of nitrogens with zero attached hydrogens (tertiary/aromatic N) is 3. The number of methoxy groups -OCH3 is 1. The van der Waals surface area contributed by atoms with Gasteiger partial charge in [-0.2, -0.15) is 5.10 Å². The largest absolute Gasteiger partial charge is 0.496 e. The number of rotatable bonds is 5. The van der Waals surface area contributed by atoms with E-state index in [1.54, 1.807) is 18.0 Å². The second-order valence-corrected chi connectivity index (χ2v) is 5.78. The second kappa shape index (κ2) is 7.17. The van der Waals surface area contributed by atoms with Crippen molar-refractivity contribution in [2.45, 2.75) is 20.3 Å². The number of aryl methyl sites for hydroxylation is 2. The molecule has 0 atom stereocenters. The van der Waals surface area contributed by atoms with E-state index in [0.717, 1.165) is 17.0 Å². The SMILES string of the molecule is COc1ccccc1CC(=O)Nc1ccc(-n2nc(C)cc2C)nc1. The first kappa shape index (κ1) is 16.7. The van der Waals surface area contributed by atoms with Crippen molar-refractivity contribution in [3.8, 4) is 11.6 Å². The number of anilines is 1. The summed E-state index contributed by atoms with van der Waals surface area (Å²) in [6, 6.07) is 13.1. The van der Waals surface area contributed by atoms with Crippen molar-refractivity contribution in [2.75, 3.05) is 12.4 Å². The van der Waals surface area contributed by atoms with Crippen molar-refractivity contribution in [3.05, 3.63) is 65.6 Å². The van der Waals surface area contributed by atoms with Gasteiger partial charge in [0.05, 0.1) is 31.1 Å². The molecular weight excluding hydrogens is 316 g/mol. The lowest BCUT2D eigenvalue weighted by molar-refractivity contribution is -0.115. The Bertz CT molecular complexity index is 885. The number of carbonyl (C=O) groups is 1. The molecule has 3 aromatic rings. The molecule has 2 heterocycles. The van der Waals surface area contributed by atoms with Crippen LogP contribution in [0.2, 0.25) is 0 Å². The van der Waals surface area contributed by atoms with Crippen LogP contribution in [0.1, 0.15) is 17.0 Å². The third-order valence-electron chi connectivity index (χ3n) is 3.80. The highest BCUT2D eigenvalue weighted by molar-refractivity contribution is 5.92. The molecule has 1 aromatic carbocycles. The fourth-order valence-corrected chi connectivity index (χ4v) is 2.67. The first-order valence-corrected chi connectivity index (χ1v) is 7.98. The van der Waals surface area contributed by atoms with Gasteiger partial charge in [0.2, 0.25) is 5.91 Å². The van der Waals surface area contributed by atoms with Crippen molar-refractivity contribution in [3.63, 3.8) is 0 Å². The van der Waals surface area contributed by atoms with Crippen LogP contribution in [0.15, 0.2) is 48.7 Å². The molecule has 2 aromatic heterocycles. The van der Waals surface area contributed by atoms with E-state index in [0.29, 0.717) is 17.3 Å². The second-order valence-electron chi connectivity index (χ2n) is 5.78. The highest BCUT2D eigenvalue weighted by atomic mass is 16.5. The van der Waals surface area contributed by atoms with Gasteiger partial charge in [-0.1, -0.05) is 18.2 Å². The zero-order chi connectivity index (χ0) is 17.8. The smallest absolute Gasteiger partial charge is 0.228 e. The molecule has 1 N–H and O–H groups in total. The van der Waals surface area contributed by atoms with Gasteiger partial charge in [0.15, 0.2) is 5.82 Å². The summed E-state index contributed by atoms with van der Waals surface area (Å²) in [6.45, 7) is 3.92. The number of hydrogen-bond donors (Lipinski definition) is 1. The molecule has 0 unspecified atom stereocenters. The molecule has 3 rings (SSSR count). The number of hydrogen-bond acceptors (Lipinski definition) is 4. The van der Waals surface area contributed by atoms with E-state index in [4.69, 9.17) is 4.74 Å². The van der Waals surface area contributed by atoms with Crippen LogP contribution in [0.25, 0.3) is 5.82 Å². The molecule has 0 aliphatic rings. The Morgan fingerprint density at radius 2 is 2.00 bits per heavy atom. The molecule has 0 radical (unpaired) electrons. The van der Waals surface area contributed by atoms with Crippen molar-refractivity contribution in [1.29, 1.82) is 0 Å². The van der Waals surface area contributed by atoms with Gasteiger partial charge in [-0.3, -0.25) is 4.79 Å². The number of pyridine rings is 1. The van der Waals surface area contributed by atoms with Gasteiger partial charge in [0, 0.05) is 11.3 Å². The van der Waals surface area contributed by atoms with Crippen LogP contribution in [-0.4, -0.2) is 27.8 Å². The highest BCUT2D eigenvalue weighted by Gasteiger charge is 2.10. The molecule has 0 aliphatic carbocycles. The van der Waals surface area contributed by atoms with E-state index >= 15 is 0 Å². The lowest BCUT2D eigenvalue weighted by Crippen LogP contribution is -2.15. The minimum Gasteiger partial charge on any atom is -0.496 e. The summed E-state index contributed by atoms with van der Waals surface area (Å²) in [5.74, 6) is 1.30. The summed E-state index contributed by atoms with van der Waals surface area (Å²) in [4.78, 5) is 16.6. The van der Waals surface area contributed by atoms with Crippen LogP contribution in [0, 0.1) is 13.8 Å². The van der Waals surface area contributed by atoms with E-state index in [1.807, 2.05) is 56.3 Å². The Morgan fingerprint density at radius 1 is 1.20 bits per heavy atom. The van der Waals surface area contributed by atoms with Gasteiger partial charge in [-0.15, -0.1) is 0 Å². The maximum absolute atomic E-state index is 12.3. The summed E-state index contributed by atoms with van der Waals surface area (Å²) in [5, 5.41) is 7.25. The fourth-order valence-electron chi connectivity index (χ4n) is 2.67. The molecule has 6 nitrogen and oxygen atoms in total. The molecule has 0 fully saturated rings. The summed E-state index contributed by atoms with van der Waals surface area (Å²) in [5.41, 5.74) is 3.44. The molecule has 1 amide bonds. The van der Waals surface area contributed by atoms with Crippen LogP contribution < -0.4 is 10.1 Å². The maximum Gasteiger partial charge on any atom is 0.228 e. The molecule has 6 heteroatoms. The zero-order valence-corrected chi connectivity index (χ0v) is 14.5. The van der Waals surface area contributed by atoms with E-state index in [2.05, 4.69) is 15.4 Å². The summed E-state index contributed by atoms with van der Waals surface area (Å²) in [7, 11) is 1.60. The Balaban J connectivity index is 1.69. The molecule has 0 bridgehead atoms. The third kappa shape index (κ3) is 3.85. The lowest BCUT2D eigenvalue weighted by atomic mass is 10.1. The van der Waals surface area contributed by atoms with E-state index in [9.17, 15) is 4.79 Å². The summed E-state index contributed by atoms with van der Waals surface area (Å²) < 4.78 is 7.05. The Hall–Kier alpha value is -3.15. The molecule has 0 spiro atoms. The van der Waals surface area contributed by atoms with Gasteiger partial charge in [0.1, 0.15) is 5.75 Å². The van der Waals surface area contributed by atoms with Crippen LogP contribution >= 0.6 is 0 Å². The highest BCUT2D eigenvalue weighted by Crippen LogP contribution is 2.18. The third-order valence-corrected chi connectivity index (χ3v) is 3.80. The minimum absolute atomic E-state index is 0.120. The first-order valence-electron chi connectivity index (χ1n) is 7.98. The lowest BCUT2D eigenvalue weighted by Gasteiger charge is -2.09. The summed E-state index contributed by atoms with van der Waals surface area (Å²) >= 11 is 0. The predicted molar refractivity (Wildman–Crippen MR) is 96.2 cm³/mol. The van der Waals surface area contributed by atoms with Gasteiger partial charge in [0.25, 0.3) is 0 Å². The Kier molecular flexibility index (Phi) is 4.79. The van der Waals surface area contributed by atoms with Crippen molar-refractivity contribution in [2.24, 2.45) is 0 Å². The van der Waals surface area contributed by atoms with Gasteiger partial charge in [-0.05, 0) is 38.1 Å². The number of para-hydroxylation sites is 1. The van der Waals surface area contributed by atoms with Crippen molar-refractivity contribution < 1.29 is 9.53 Å². The topological polar surface area (TPSA) is 69.0 Å². The quantitative estimate of drug-likeness (QED) is 0.777. The van der Waals surface area contributed by atoms with Crippen LogP contribution in [-0.2, 0) is 11.2 Å². The molecular formula is C19H20N4O2. The average molecular weight is 336 g/mol. The van der Waals surface area contributed by atoms with Crippen LogP contribution in [0.4, 0.5) is 5.69 Å². The van der Waals surface area contributed by atoms with E-state index in [1.165, 1.54) is 0 Å². The van der Waals surface area contributed by atoms with E-state index in [-0.39, 0.29) is 12.3 Å². The molecule has 25 heavy (non-hydrogen) atoms. The number of aromatic nitrogens is 3. The molecule has 0 saturated carbocycles. The molecule has 0 saturated heterocycles. The number of carbonyl (C=O) groups excluding carboxylic acids is 1. The average Bonchev–Trinajstić information content (AvgIpc) is 2.94. The normalized spacial score (nSPS) is 10.5. The Morgan fingerprint density at radius 3 is 2.64 bits per heavy atom. The Labute approximate surface area is 146 Å². The van der Waals surface area contributed by atoms with E-state index < -0.39 is 0 Å². The van der Waals surface area contributed by atoms with Crippen LogP contribution in [0.3, 0.4) is 0 Å². The number of ether oxygens (including phenoxy) is 1. The number of amides is 1. The van der Waals surface area contributed by atoms with Gasteiger partial charge in [-0.25, -0.2) is 9.67 Å². The minimum atomic E-state index is -0.120. The zero-order valence-electron chi connectivity index (χ0n) is 14.5. The fraction of sp³-hybridized carbons (Fsp3) is 0.211. The van der Waals surface area contributed by atoms with Gasteiger partial charge >= 0.3 is 0 Å². The number of nitrogens with one attached hydrogen (secondary N) is 1. The van der Waals surface area contributed by atoms with Gasteiger partial charge < -0.3 is 10.1 Å². The van der Waals surface area contributed by atoms with Crippen molar-refractivity contribution in [1.82, 2.24) is 14.8 Å². The first-order chi connectivity index (χ1) is 12.1. The predicted octanol–water partition coefficient (Wildman–Crippen LogP) is 3.07. The standard InChI is InChI=1S/C19H20N4O2/c1-13-10-14(2)23(22-13)18-9-8-16(12-20-18)21-19(24)11-15-6-4-5-7-17(15)25-3/h4-10,12H,11H2,1-3H3,(H,21,24). The van der Waals surface area contributed by atoms with Crippen molar-refractivity contribution >= 4 is 11.6 Å². The summed E-state index contributed by atoms with van der Waals surface area (Å²) in [6.07, 6.45) is 1.87. The monoisotopic (exact) mass is 336 g/mol. The molecule has 0 aliphatic heterocycles. The maximum atomic E-state index is 12.3. The van der Waals surface area contributed by atoms with Crippen LogP contribution in [0.5, 0.6) is 5.75 Å².